The predicted octanol–water partition coefficient (Wildman–Crippen LogP) is 3.36. The van der Waals surface area contributed by atoms with E-state index in [1.54, 1.807) is 11.3 Å². The first-order valence-electron chi connectivity index (χ1n) is 7.72. The van der Waals surface area contributed by atoms with Crippen LogP contribution < -0.4 is 5.32 Å². The molecule has 3 rings (SSSR count). The van der Waals surface area contributed by atoms with Crippen molar-refractivity contribution in [3.05, 3.63) is 41.1 Å². The molecule has 0 aliphatic heterocycles. The van der Waals surface area contributed by atoms with Gasteiger partial charge in [-0.15, -0.1) is 0 Å². The molecule has 0 saturated carbocycles. The van der Waals surface area contributed by atoms with E-state index in [2.05, 4.69) is 65.6 Å². The van der Waals surface area contributed by atoms with E-state index < -0.39 is 0 Å². The van der Waals surface area contributed by atoms with Crippen molar-refractivity contribution in [2.75, 3.05) is 26.0 Å². The van der Waals surface area contributed by atoms with Crippen LogP contribution in [0.1, 0.15) is 22.9 Å². The molecular weight excluding hydrogens is 306 g/mol. The van der Waals surface area contributed by atoms with Crippen LogP contribution in [0.25, 0.3) is 10.3 Å². The molecule has 122 valence electrons. The van der Waals surface area contributed by atoms with Gasteiger partial charge in [-0.1, -0.05) is 41.2 Å². The number of hydrogen-bond acceptors (Lipinski definition) is 5. The molecule has 3 aromatic rings. The normalized spacial score (nSPS) is 13.0. The minimum absolute atomic E-state index is 0.307. The molecule has 23 heavy (non-hydrogen) atoms. The molecule has 0 bridgehead atoms. The summed E-state index contributed by atoms with van der Waals surface area (Å²) in [5, 5.41) is 8.85. The van der Waals surface area contributed by atoms with Crippen LogP contribution in [0.2, 0.25) is 0 Å². The maximum absolute atomic E-state index is 4.66. The predicted molar refractivity (Wildman–Crippen MR) is 97.2 cm³/mol. The lowest BCUT2D eigenvalue weighted by molar-refractivity contribution is 0.311. The summed E-state index contributed by atoms with van der Waals surface area (Å²) >= 11 is 1.67. The molecule has 1 unspecified atom stereocenters. The van der Waals surface area contributed by atoms with E-state index in [4.69, 9.17) is 0 Å². The zero-order chi connectivity index (χ0) is 16.6. The molecule has 0 aliphatic rings. The summed E-state index contributed by atoms with van der Waals surface area (Å²) in [5.41, 5.74) is 4.60. The van der Waals surface area contributed by atoms with Gasteiger partial charge in [-0.05, 0) is 33.5 Å². The maximum Gasteiger partial charge on any atom is 0.185 e. The monoisotopic (exact) mass is 329 g/mol. The first kappa shape index (κ1) is 16.0. The number of nitrogens with zero attached hydrogens (tertiary/aromatic N) is 4. The summed E-state index contributed by atoms with van der Waals surface area (Å²) in [7, 11) is 6.16. The highest BCUT2D eigenvalue weighted by Crippen LogP contribution is 2.29. The van der Waals surface area contributed by atoms with Crippen molar-refractivity contribution in [1.29, 1.82) is 0 Å². The van der Waals surface area contributed by atoms with Gasteiger partial charge < -0.3 is 10.2 Å². The van der Waals surface area contributed by atoms with Gasteiger partial charge in [0.2, 0.25) is 0 Å². The van der Waals surface area contributed by atoms with Gasteiger partial charge in [-0.25, -0.2) is 9.67 Å². The molecule has 1 N–H and O–H groups in total. The molecule has 1 atom stereocenters. The molecule has 6 heteroatoms. The van der Waals surface area contributed by atoms with Gasteiger partial charge in [0.15, 0.2) is 10.8 Å². The van der Waals surface area contributed by atoms with E-state index in [1.165, 1.54) is 11.1 Å². The van der Waals surface area contributed by atoms with Crippen molar-refractivity contribution in [1.82, 2.24) is 19.7 Å². The molecular formula is C17H23N5S. The molecule has 2 heterocycles. The van der Waals surface area contributed by atoms with Crippen LogP contribution in [-0.2, 0) is 7.05 Å². The summed E-state index contributed by atoms with van der Waals surface area (Å²) in [4.78, 5) is 6.90. The number of aryl methyl sites for hydroxylation is 3. The third kappa shape index (κ3) is 3.23. The highest BCUT2D eigenvalue weighted by atomic mass is 32.1. The van der Waals surface area contributed by atoms with Gasteiger partial charge in [0.25, 0.3) is 0 Å². The molecule has 0 spiro atoms. The summed E-state index contributed by atoms with van der Waals surface area (Å²) in [6.07, 6.45) is 0. The third-order valence-electron chi connectivity index (χ3n) is 4.04. The van der Waals surface area contributed by atoms with Crippen molar-refractivity contribution in [3.63, 3.8) is 0 Å². The Hall–Kier alpha value is -1.92. The van der Waals surface area contributed by atoms with E-state index in [0.717, 1.165) is 27.7 Å². The van der Waals surface area contributed by atoms with E-state index in [0.29, 0.717) is 6.04 Å². The smallest absolute Gasteiger partial charge is 0.185 e. The van der Waals surface area contributed by atoms with Gasteiger partial charge in [0.1, 0.15) is 0 Å². The van der Waals surface area contributed by atoms with Crippen molar-refractivity contribution < 1.29 is 0 Å². The Morgan fingerprint density at radius 3 is 2.74 bits per heavy atom. The van der Waals surface area contributed by atoms with Crippen molar-refractivity contribution >= 4 is 26.8 Å². The molecule has 0 saturated heterocycles. The van der Waals surface area contributed by atoms with Crippen LogP contribution >= 0.6 is 11.3 Å². The quantitative estimate of drug-likeness (QED) is 0.780. The fourth-order valence-corrected chi connectivity index (χ4v) is 3.76. The van der Waals surface area contributed by atoms with Crippen LogP contribution in [0.15, 0.2) is 24.3 Å². The molecule has 0 radical (unpaired) electrons. The van der Waals surface area contributed by atoms with Gasteiger partial charge >= 0.3 is 0 Å². The first-order valence-corrected chi connectivity index (χ1v) is 8.54. The fourth-order valence-electron chi connectivity index (χ4n) is 2.82. The summed E-state index contributed by atoms with van der Waals surface area (Å²) in [6.45, 7) is 4.98. The van der Waals surface area contributed by atoms with Crippen molar-refractivity contribution in [2.45, 2.75) is 19.9 Å². The number of nitrogens with one attached hydrogen (secondary N) is 1. The maximum atomic E-state index is 4.66. The summed E-state index contributed by atoms with van der Waals surface area (Å²) in [6, 6.07) is 8.99. The summed E-state index contributed by atoms with van der Waals surface area (Å²) < 4.78 is 3.00. The summed E-state index contributed by atoms with van der Waals surface area (Å²) in [5.74, 6) is 0. The molecule has 1 aromatic carbocycles. The van der Waals surface area contributed by atoms with Crippen LogP contribution in [0.3, 0.4) is 0 Å². The average molecular weight is 329 g/mol. The second kappa shape index (κ2) is 6.29. The van der Waals surface area contributed by atoms with E-state index in [-0.39, 0.29) is 0 Å². The standard InChI is InChI=1S/C17H23N5S/c1-11-7-6-8-13(9-11)14(21(3)4)10-18-17-19-16-15(23-17)12(2)20-22(16)5/h6-9,14H,10H2,1-5H3,(H,18,19). The number of hydrogen-bond donors (Lipinski definition) is 1. The molecule has 2 aromatic heterocycles. The lowest BCUT2D eigenvalue weighted by atomic mass is 10.0. The zero-order valence-corrected chi connectivity index (χ0v) is 15.1. The molecule has 5 nitrogen and oxygen atoms in total. The number of anilines is 1. The molecule has 0 aliphatic carbocycles. The van der Waals surface area contributed by atoms with Crippen LogP contribution in [0.5, 0.6) is 0 Å². The van der Waals surface area contributed by atoms with E-state index >= 15 is 0 Å². The second-order valence-electron chi connectivity index (χ2n) is 6.16. The lowest BCUT2D eigenvalue weighted by Gasteiger charge is -2.25. The Bertz CT molecular complexity index is 783. The number of benzene rings is 1. The Kier molecular flexibility index (Phi) is 4.37. The van der Waals surface area contributed by atoms with E-state index in [1.807, 2.05) is 18.7 Å². The van der Waals surface area contributed by atoms with Gasteiger partial charge in [-0.3, -0.25) is 0 Å². The zero-order valence-electron chi connectivity index (χ0n) is 14.3. The van der Waals surface area contributed by atoms with Crippen LogP contribution in [-0.4, -0.2) is 40.3 Å². The number of rotatable bonds is 5. The number of thiazole rings is 1. The SMILES string of the molecule is Cc1cccc(C(CNc2nc3c(s2)c(C)nn3C)N(C)C)c1. The van der Waals surface area contributed by atoms with Gasteiger partial charge in [-0.2, -0.15) is 5.10 Å². The van der Waals surface area contributed by atoms with Crippen LogP contribution in [0.4, 0.5) is 5.13 Å². The topological polar surface area (TPSA) is 46.0 Å². The third-order valence-corrected chi connectivity index (χ3v) is 5.15. The number of aromatic nitrogens is 3. The van der Waals surface area contributed by atoms with Crippen molar-refractivity contribution in [2.24, 2.45) is 7.05 Å². The Labute approximate surface area is 141 Å². The lowest BCUT2D eigenvalue weighted by Crippen LogP contribution is -2.26. The molecule has 0 amide bonds. The Balaban J connectivity index is 1.79. The largest absolute Gasteiger partial charge is 0.360 e. The fraction of sp³-hybridized carbons (Fsp3) is 0.412. The first-order chi connectivity index (χ1) is 11.0. The van der Waals surface area contributed by atoms with Gasteiger partial charge in [0, 0.05) is 13.6 Å². The Morgan fingerprint density at radius 2 is 2.09 bits per heavy atom. The second-order valence-corrected chi connectivity index (χ2v) is 7.15. The minimum Gasteiger partial charge on any atom is -0.360 e. The van der Waals surface area contributed by atoms with E-state index in [9.17, 15) is 0 Å². The number of likely N-dealkylation sites (N-methyl/N-ethyl adjacent to an activating group) is 1. The van der Waals surface area contributed by atoms with Crippen LogP contribution in [0, 0.1) is 13.8 Å². The highest BCUT2D eigenvalue weighted by Gasteiger charge is 2.16. The molecule has 0 fully saturated rings. The Morgan fingerprint density at radius 1 is 1.30 bits per heavy atom. The minimum atomic E-state index is 0.307. The number of fused-ring (bicyclic) bond motifs is 1. The van der Waals surface area contributed by atoms with Gasteiger partial charge in [0.05, 0.1) is 16.4 Å². The highest BCUT2D eigenvalue weighted by molar-refractivity contribution is 7.22. The van der Waals surface area contributed by atoms with Crippen molar-refractivity contribution in [3.8, 4) is 0 Å². The average Bonchev–Trinajstić information content (AvgIpc) is 3.01.